The fourth-order valence-electron chi connectivity index (χ4n) is 4.61. The summed E-state index contributed by atoms with van der Waals surface area (Å²) in [6, 6.07) is 5.98. The fourth-order valence-corrected chi connectivity index (χ4v) is 4.61. The van der Waals surface area contributed by atoms with Crippen LogP contribution in [-0.4, -0.2) is 50.1 Å². The molecule has 28 heavy (non-hydrogen) atoms. The van der Waals surface area contributed by atoms with E-state index in [2.05, 4.69) is 15.5 Å². The summed E-state index contributed by atoms with van der Waals surface area (Å²) in [5.41, 5.74) is 2.25. The zero-order valence-corrected chi connectivity index (χ0v) is 18.3. The SMILES string of the molecule is Cc1cc(NC(=O)C2CC23CCNCC3)ccc1OCCN1CCCC1.Cl.Cl. The van der Waals surface area contributed by atoms with Crippen LogP contribution in [0.15, 0.2) is 18.2 Å². The molecule has 5 nitrogen and oxygen atoms in total. The minimum Gasteiger partial charge on any atom is -0.492 e. The van der Waals surface area contributed by atoms with E-state index in [1.165, 1.54) is 25.9 Å². The molecule has 0 bridgehead atoms. The number of nitrogens with one attached hydrogen (secondary N) is 2. The monoisotopic (exact) mass is 429 g/mol. The third-order valence-electron chi connectivity index (χ3n) is 6.41. The molecule has 2 N–H and O–H groups in total. The second-order valence-electron chi connectivity index (χ2n) is 8.24. The van der Waals surface area contributed by atoms with Gasteiger partial charge in [-0.15, -0.1) is 24.8 Å². The number of aryl methyl sites for hydroxylation is 1. The Bertz CT molecular complexity index is 659. The third-order valence-corrected chi connectivity index (χ3v) is 6.41. The third kappa shape index (κ3) is 5.32. The number of benzene rings is 1. The summed E-state index contributed by atoms with van der Waals surface area (Å²) in [7, 11) is 0. The van der Waals surface area contributed by atoms with Crippen LogP contribution in [0.5, 0.6) is 5.75 Å². The van der Waals surface area contributed by atoms with E-state index in [4.69, 9.17) is 4.74 Å². The molecule has 1 aliphatic carbocycles. The number of ether oxygens (including phenoxy) is 1. The van der Waals surface area contributed by atoms with Crippen molar-refractivity contribution in [3.8, 4) is 5.75 Å². The van der Waals surface area contributed by atoms with Crippen LogP contribution < -0.4 is 15.4 Å². The maximum atomic E-state index is 12.6. The Balaban J connectivity index is 0.00000140. The smallest absolute Gasteiger partial charge is 0.228 e. The average molecular weight is 430 g/mol. The van der Waals surface area contributed by atoms with Gasteiger partial charge in [0, 0.05) is 18.2 Å². The van der Waals surface area contributed by atoms with Gasteiger partial charge in [0.25, 0.3) is 0 Å². The summed E-state index contributed by atoms with van der Waals surface area (Å²) in [5, 5.41) is 6.51. The number of nitrogens with zero attached hydrogens (tertiary/aromatic N) is 1. The van der Waals surface area contributed by atoms with E-state index >= 15 is 0 Å². The van der Waals surface area contributed by atoms with Crippen LogP contribution in [0.3, 0.4) is 0 Å². The van der Waals surface area contributed by atoms with Gasteiger partial charge in [-0.05, 0) is 94.4 Å². The lowest BCUT2D eigenvalue weighted by Crippen LogP contribution is -2.31. The molecular weight excluding hydrogens is 397 g/mol. The van der Waals surface area contributed by atoms with Crippen molar-refractivity contribution < 1.29 is 9.53 Å². The first kappa shape index (κ1) is 23.3. The number of carbonyl (C=O) groups excluding carboxylic acids is 1. The first-order valence-corrected chi connectivity index (χ1v) is 10.1. The van der Waals surface area contributed by atoms with Crippen LogP contribution in [0, 0.1) is 18.3 Å². The van der Waals surface area contributed by atoms with Gasteiger partial charge in [-0.25, -0.2) is 0 Å². The minimum absolute atomic E-state index is 0. The van der Waals surface area contributed by atoms with Crippen molar-refractivity contribution in [2.75, 3.05) is 44.6 Å². The molecule has 1 aromatic rings. The minimum atomic E-state index is 0. The summed E-state index contributed by atoms with van der Waals surface area (Å²) in [6.45, 7) is 8.27. The molecule has 3 aliphatic rings. The molecular formula is C21H33Cl2N3O2. The Morgan fingerprint density at radius 2 is 1.96 bits per heavy atom. The number of anilines is 1. The van der Waals surface area contributed by atoms with Gasteiger partial charge in [0.2, 0.25) is 5.91 Å². The predicted molar refractivity (Wildman–Crippen MR) is 118 cm³/mol. The van der Waals surface area contributed by atoms with E-state index in [-0.39, 0.29) is 42.1 Å². The van der Waals surface area contributed by atoms with E-state index in [0.717, 1.165) is 62.5 Å². The van der Waals surface area contributed by atoms with Crippen molar-refractivity contribution in [3.63, 3.8) is 0 Å². The summed E-state index contributed by atoms with van der Waals surface area (Å²) in [6.07, 6.45) is 5.94. The number of halogens is 2. The van der Waals surface area contributed by atoms with Crippen molar-refractivity contribution in [2.45, 2.75) is 39.0 Å². The van der Waals surface area contributed by atoms with Crippen LogP contribution in [0.2, 0.25) is 0 Å². The standard InChI is InChI=1S/C21H31N3O2.2ClH/c1-16-14-17(4-5-19(16)26-13-12-24-10-2-3-11-24)23-20(25)18-15-21(18)6-8-22-9-7-21;;/h4-5,14,18,22H,2-3,6-13,15H2,1H3,(H,23,25);2*1H. The lowest BCUT2D eigenvalue weighted by molar-refractivity contribution is -0.118. The van der Waals surface area contributed by atoms with Gasteiger partial charge >= 0.3 is 0 Å². The Kier molecular flexibility index (Phi) is 8.44. The lowest BCUT2D eigenvalue weighted by Gasteiger charge is -2.23. The Labute approximate surface area is 180 Å². The molecule has 1 saturated carbocycles. The molecule has 1 spiro atoms. The van der Waals surface area contributed by atoms with E-state index in [1.54, 1.807) is 0 Å². The highest BCUT2D eigenvalue weighted by atomic mass is 35.5. The van der Waals surface area contributed by atoms with Crippen molar-refractivity contribution in [1.29, 1.82) is 0 Å². The normalized spacial score (nSPS) is 22.8. The van der Waals surface area contributed by atoms with Crippen LogP contribution in [0.4, 0.5) is 5.69 Å². The molecule has 1 unspecified atom stereocenters. The molecule has 3 fully saturated rings. The van der Waals surface area contributed by atoms with Crippen LogP contribution in [0.1, 0.15) is 37.7 Å². The van der Waals surface area contributed by atoms with Crippen molar-refractivity contribution in [2.24, 2.45) is 11.3 Å². The van der Waals surface area contributed by atoms with Gasteiger partial charge in [0.15, 0.2) is 0 Å². The van der Waals surface area contributed by atoms with Crippen LogP contribution >= 0.6 is 24.8 Å². The van der Waals surface area contributed by atoms with Crippen molar-refractivity contribution >= 4 is 36.4 Å². The summed E-state index contributed by atoms with van der Waals surface area (Å²) in [4.78, 5) is 15.0. The molecule has 0 radical (unpaired) electrons. The zero-order valence-electron chi connectivity index (χ0n) is 16.7. The summed E-state index contributed by atoms with van der Waals surface area (Å²) >= 11 is 0. The molecule has 4 rings (SSSR count). The number of hydrogen-bond donors (Lipinski definition) is 2. The fraction of sp³-hybridized carbons (Fsp3) is 0.667. The van der Waals surface area contributed by atoms with Crippen molar-refractivity contribution in [1.82, 2.24) is 10.2 Å². The number of amides is 1. The highest BCUT2D eigenvalue weighted by molar-refractivity contribution is 5.95. The van der Waals surface area contributed by atoms with E-state index in [1.807, 2.05) is 25.1 Å². The van der Waals surface area contributed by atoms with E-state index in [9.17, 15) is 4.79 Å². The summed E-state index contributed by atoms with van der Waals surface area (Å²) < 4.78 is 5.95. The van der Waals surface area contributed by atoms with Gasteiger partial charge in [-0.2, -0.15) is 0 Å². The van der Waals surface area contributed by atoms with Gasteiger partial charge in [0.1, 0.15) is 12.4 Å². The van der Waals surface area contributed by atoms with Crippen molar-refractivity contribution in [3.05, 3.63) is 23.8 Å². The highest BCUT2D eigenvalue weighted by Gasteiger charge is 2.57. The first-order chi connectivity index (χ1) is 12.7. The predicted octanol–water partition coefficient (Wildman–Crippen LogP) is 3.64. The molecule has 1 atom stereocenters. The number of piperidine rings is 1. The second kappa shape index (κ2) is 10.1. The molecule has 7 heteroatoms. The van der Waals surface area contributed by atoms with Crippen LogP contribution in [0.25, 0.3) is 0 Å². The Hall–Kier alpha value is -1.01. The largest absolute Gasteiger partial charge is 0.492 e. The maximum Gasteiger partial charge on any atom is 0.228 e. The zero-order chi connectivity index (χ0) is 18.0. The number of rotatable bonds is 6. The molecule has 158 valence electrons. The van der Waals surface area contributed by atoms with Gasteiger partial charge in [0.05, 0.1) is 0 Å². The molecule has 1 aromatic carbocycles. The Morgan fingerprint density at radius 3 is 2.64 bits per heavy atom. The highest BCUT2D eigenvalue weighted by Crippen LogP contribution is 2.58. The molecule has 2 saturated heterocycles. The topological polar surface area (TPSA) is 53.6 Å². The molecule has 1 amide bonds. The quantitative estimate of drug-likeness (QED) is 0.724. The number of carbonyl (C=O) groups is 1. The Morgan fingerprint density at radius 1 is 1.25 bits per heavy atom. The summed E-state index contributed by atoms with van der Waals surface area (Å²) in [5.74, 6) is 1.30. The van der Waals surface area contributed by atoms with Gasteiger partial charge in [-0.1, -0.05) is 0 Å². The molecule has 2 heterocycles. The number of likely N-dealkylation sites (tertiary alicyclic amines) is 1. The lowest BCUT2D eigenvalue weighted by atomic mass is 9.92. The van der Waals surface area contributed by atoms with E-state index in [0.29, 0.717) is 0 Å². The number of hydrogen-bond acceptors (Lipinski definition) is 4. The van der Waals surface area contributed by atoms with Crippen LogP contribution in [-0.2, 0) is 4.79 Å². The molecule has 2 aliphatic heterocycles. The second-order valence-corrected chi connectivity index (χ2v) is 8.24. The van der Waals surface area contributed by atoms with E-state index < -0.39 is 0 Å². The first-order valence-electron chi connectivity index (χ1n) is 10.1. The maximum absolute atomic E-state index is 12.6. The average Bonchev–Trinajstić information content (AvgIpc) is 3.08. The molecule has 0 aromatic heterocycles. The van der Waals surface area contributed by atoms with Gasteiger partial charge in [-0.3, -0.25) is 9.69 Å². The van der Waals surface area contributed by atoms with Gasteiger partial charge < -0.3 is 15.4 Å².